The molecule has 1 unspecified atom stereocenters. The minimum absolute atomic E-state index is 0.274. The molecule has 1 heterocycles. The van der Waals surface area contributed by atoms with Crippen molar-refractivity contribution in [1.29, 1.82) is 0 Å². The van der Waals surface area contributed by atoms with E-state index in [0.717, 1.165) is 25.9 Å². The van der Waals surface area contributed by atoms with Gasteiger partial charge in [-0.3, -0.25) is 4.90 Å². The lowest BCUT2D eigenvalue weighted by Gasteiger charge is -2.37. The molecule has 1 aliphatic heterocycles. The third kappa shape index (κ3) is 8.37. The number of carbonyl (C=O) groups is 2. The van der Waals surface area contributed by atoms with Crippen LogP contribution in [0.2, 0.25) is 0 Å². The maximum atomic E-state index is 12.1. The van der Waals surface area contributed by atoms with Crippen molar-refractivity contribution in [2.75, 3.05) is 31.9 Å². The Balaban J connectivity index is 0.000000568. The second-order valence-electron chi connectivity index (χ2n) is 6.73. The lowest BCUT2D eigenvalue weighted by atomic mass is 10.0. The van der Waals surface area contributed by atoms with Crippen LogP contribution in [-0.2, 0) is 26.0 Å². The number of hydrogen-bond acceptors (Lipinski definition) is 5. The monoisotopic (exact) mass is 414 g/mol. The Hall–Kier alpha value is -1.97. The molecule has 1 saturated heterocycles. The van der Waals surface area contributed by atoms with Crippen molar-refractivity contribution >= 4 is 22.0 Å². The maximum absolute atomic E-state index is 12.1. The Labute approximate surface area is 166 Å². The molecule has 0 spiro atoms. The van der Waals surface area contributed by atoms with Crippen molar-refractivity contribution in [3.8, 4) is 0 Å². The molecule has 28 heavy (non-hydrogen) atoms. The molecule has 158 valence electrons. The second kappa shape index (κ2) is 11.8. The fourth-order valence-electron chi connectivity index (χ4n) is 3.01. The third-order valence-electron chi connectivity index (χ3n) is 4.63. The molecule has 1 aliphatic rings. The molecule has 1 aromatic rings. The van der Waals surface area contributed by atoms with Gasteiger partial charge in [0.15, 0.2) is 0 Å². The van der Waals surface area contributed by atoms with Gasteiger partial charge in [-0.25, -0.2) is 18.0 Å². The zero-order valence-corrected chi connectivity index (χ0v) is 17.3. The van der Waals surface area contributed by atoms with Crippen LogP contribution >= 0.6 is 0 Å². The molecule has 0 aromatic heterocycles. The molecule has 1 atom stereocenters. The van der Waals surface area contributed by atoms with Crippen LogP contribution in [0.3, 0.4) is 0 Å². The first-order valence-electron chi connectivity index (χ1n) is 9.39. The Morgan fingerprint density at radius 3 is 2.04 bits per heavy atom. The van der Waals surface area contributed by atoms with Gasteiger partial charge in [0.1, 0.15) is 0 Å². The number of sulfonamides is 1. The van der Waals surface area contributed by atoms with Crippen LogP contribution in [0.25, 0.3) is 0 Å². The fraction of sp³-hybridized carbons (Fsp3) is 0.579. The lowest BCUT2D eigenvalue weighted by molar-refractivity contribution is -0.159. The zero-order valence-electron chi connectivity index (χ0n) is 16.5. The highest BCUT2D eigenvalue weighted by Gasteiger charge is 2.27. The molecule has 1 fully saturated rings. The first-order valence-corrected chi connectivity index (χ1v) is 11.0. The number of rotatable bonds is 7. The number of carboxylic acids is 2. The number of aliphatic carboxylic acids is 2. The van der Waals surface area contributed by atoms with Gasteiger partial charge in [0.25, 0.3) is 0 Å². The highest BCUT2D eigenvalue weighted by molar-refractivity contribution is 7.89. The average molecular weight is 415 g/mol. The van der Waals surface area contributed by atoms with Crippen molar-refractivity contribution < 1.29 is 28.2 Å². The summed E-state index contributed by atoms with van der Waals surface area (Å²) in [6.07, 6.45) is 2.89. The van der Waals surface area contributed by atoms with Crippen molar-refractivity contribution in [1.82, 2.24) is 9.21 Å². The summed E-state index contributed by atoms with van der Waals surface area (Å²) < 4.78 is 25.8. The summed E-state index contributed by atoms with van der Waals surface area (Å²) in [5.74, 6) is -3.37. The van der Waals surface area contributed by atoms with Crippen LogP contribution in [0.15, 0.2) is 30.3 Å². The van der Waals surface area contributed by atoms with Crippen LogP contribution in [0, 0.1) is 0 Å². The molecule has 0 amide bonds. The molecule has 1 aromatic carbocycles. The number of hydrogen-bond donors (Lipinski definition) is 2. The predicted octanol–water partition coefficient (Wildman–Crippen LogP) is 1.52. The van der Waals surface area contributed by atoms with Crippen LogP contribution < -0.4 is 0 Å². The number of piperazine rings is 1. The number of aryl methyl sites for hydroxylation is 1. The SMILES string of the molecule is CCCS(=O)(=O)N1CCN(C(C)CCc2ccccc2)CC1.O=C(O)C(=O)O. The van der Waals surface area contributed by atoms with Gasteiger partial charge in [0, 0.05) is 32.2 Å². The molecule has 0 bridgehead atoms. The summed E-state index contributed by atoms with van der Waals surface area (Å²) in [5, 5.41) is 14.8. The van der Waals surface area contributed by atoms with E-state index in [1.807, 2.05) is 13.0 Å². The maximum Gasteiger partial charge on any atom is 0.414 e. The van der Waals surface area contributed by atoms with Gasteiger partial charge in [0.2, 0.25) is 10.0 Å². The van der Waals surface area contributed by atoms with Gasteiger partial charge in [-0.1, -0.05) is 37.3 Å². The summed E-state index contributed by atoms with van der Waals surface area (Å²) in [7, 11) is -3.03. The summed E-state index contributed by atoms with van der Waals surface area (Å²) in [5.41, 5.74) is 1.37. The molecule has 0 saturated carbocycles. The average Bonchev–Trinajstić information content (AvgIpc) is 2.67. The molecule has 0 aliphatic carbocycles. The van der Waals surface area contributed by atoms with E-state index in [-0.39, 0.29) is 5.75 Å². The summed E-state index contributed by atoms with van der Waals surface area (Å²) in [6.45, 7) is 7.13. The van der Waals surface area contributed by atoms with Crippen molar-refractivity contribution in [3.63, 3.8) is 0 Å². The number of nitrogens with zero attached hydrogens (tertiary/aromatic N) is 2. The lowest BCUT2D eigenvalue weighted by Crippen LogP contribution is -2.51. The fourth-order valence-corrected chi connectivity index (χ4v) is 4.51. The van der Waals surface area contributed by atoms with E-state index in [0.29, 0.717) is 25.6 Å². The Bertz CT molecular complexity index is 703. The second-order valence-corrected chi connectivity index (χ2v) is 8.82. The Morgan fingerprint density at radius 2 is 1.57 bits per heavy atom. The van der Waals surface area contributed by atoms with E-state index in [4.69, 9.17) is 19.8 Å². The third-order valence-corrected chi connectivity index (χ3v) is 6.70. The van der Waals surface area contributed by atoms with Crippen molar-refractivity contribution in [2.24, 2.45) is 0 Å². The summed E-state index contributed by atoms with van der Waals surface area (Å²) in [6, 6.07) is 11.0. The van der Waals surface area contributed by atoms with E-state index in [1.165, 1.54) is 5.56 Å². The molecule has 9 heteroatoms. The van der Waals surface area contributed by atoms with Gasteiger partial charge >= 0.3 is 11.9 Å². The van der Waals surface area contributed by atoms with E-state index in [9.17, 15) is 8.42 Å². The van der Waals surface area contributed by atoms with Crippen molar-refractivity contribution in [2.45, 2.75) is 39.2 Å². The molecule has 0 radical (unpaired) electrons. The largest absolute Gasteiger partial charge is 0.473 e. The minimum Gasteiger partial charge on any atom is -0.473 e. The van der Waals surface area contributed by atoms with E-state index >= 15 is 0 Å². The number of carboxylic acid groups (broad SMARTS) is 2. The predicted molar refractivity (Wildman–Crippen MR) is 107 cm³/mol. The molecule has 8 nitrogen and oxygen atoms in total. The van der Waals surface area contributed by atoms with E-state index in [2.05, 4.69) is 36.1 Å². The van der Waals surface area contributed by atoms with Crippen LogP contribution in [0.5, 0.6) is 0 Å². The highest BCUT2D eigenvalue weighted by Crippen LogP contribution is 2.15. The van der Waals surface area contributed by atoms with Crippen LogP contribution in [0.4, 0.5) is 0 Å². The number of benzene rings is 1. The molecule has 2 rings (SSSR count). The van der Waals surface area contributed by atoms with Gasteiger partial charge in [-0.2, -0.15) is 4.31 Å². The van der Waals surface area contributed by atoms with Crippen LogP contribution in [-0.4, -0.2) is 77.7 Å². The minimum atomic E-state index is -3.03. The van der Waals surface area contributed by atoms with Gasteiger partial charge < -0.3 is 10.2 Å². The normalized spacial score (nSPS) is 16.6. The highest BCUT2D eigenvalue weighted by atomic mass is 32.2. The Kier molecular flexibility index (Phi) is 10.1. The zero-order chi connectivity index (χ0) is 21.2. The first kappa shape index (κ1) is 24.1. The Morgan fingerprint density at radius 1 is 1.04 bits per heavy atom. The van der Waals surface area contributed by atoms with Gasteiger partial charge in [-0.05, 0) is 31.7 Å². The van der Waals surface area contributed by atoms with Crippen molar-refractivity contribution in [3.05, 3.63) is 35.9 Å². The first-order chi connectivity index (χ1) is 13.2. The summed E-state index contributed by atoms with van der Waals surface area (Å²) >= 11 is 0. The van der Waals surface area contributed by atoms with E-state index in [1.54, 1.807) is 4.31 Å². The quantitative estimate of drug-likeness (QED) is 0.650. The smallest absolute Gasteiger partial charge is 0.414 e. The van der Waals surface area contributed by atoms with E-state index < -0.39 is 22.0 Å². The standard InChI is InChI=1S/C17H28N2O2S.C2H2O4/c1-3-15-22(20,21)19-13-11-18(12-14-19)16(2)9-10-17-7-5-4-6-8-17;3-1(4)2(5)6/h4-8,16H,3,9-15H2,1-2H3;(H,3,4)(H,5,6). The molecule has 2 N–H and O–H groups in total. The van der Waals surface area contributed by atoms with Gasteiger partial charge in [0.05, 0.1) is 5.75 Å². The molecular formula is C19H30N2O6S. The summed E-state index contributed by atoms with van der Waals surface area (Å²) in [4.78, 5) is 20.6. The molecular weight excluding hydrogens is 384 g/mol. The topological polar surface area (TPSA) is 115 Å². The van der Waals surface area contributed by atoms with Gasteiger partial charge in [-0.15, -0.1) is 0 Å². The van der Waals surface area contributed by atoms with Crippen LogP contribution in [0.1, 0.15) is 32.3 Å².